The predicted octanol–water partition coefficient (Wildman–Crippen LogP) is 2.36. The molecule has 102 valence electrons. The molecule has 1 aromatic carbocycles. The minimum absolute atomic E-state index is 0.165. The molecule has 1 aliphatic carbocycles. The summed E-state index contributed by atoms with van der Waals surface area (Å²) >= 11 is 4.81. The van der Waals surface area contributed by atoms with Crippen molar-refractivity contribution in [3.63, 3.8) is 0 Å². The highest BCUT2D eigenvalue weighted by atomic mass is 32.1. The molecule has 1 saturated carbocycles. The molecule has 1 fully saturated rings. The van der Waals surface area contributed by atoms with Crippen LogP contribution in [0.2, 0.25) is 0 Å². The summed E-state index contributed by atoms with van der Waals surface area (Å²) in [7, 11) is 0. The quantitative estimate of drug-likeness (QED) is 0.594. The number of carbonyl (C=O) groups excluding carboxylic acids is 1. The molecule has 1 aliphatic rings. The molecule has 0 aliphatic heterocycles. The third-order valence-electron chi connectivity index (χ3n) is 3.50. The minimum atomic E-state index is 0.165. The van der Waals surface area contributed by atoms with Crippen molar-refractivity contribution in [1.82, 2.24) is 5.32 Å². The number of nitrogens with two attached hydrogens (primary N) is 1. The van der Waals surface area contributed by atoms with Gasteiger partial charge in [0, 0.05) is 12.5 Å². The third kappa shape index (κ3) is 4.31. The van der Waals surface area contributed by atoms with Gasteiger partial charge in [-0.2, -0.15) is 0 Å². The lowest BCUT2D eigenvalue weighted by molar-refractivity contribution is -0.122. The summed E-state index contributed by atoms with van der Waals surface area (Å²) in [6.45, 7) is 0.722. The minimum Gasteiger partial charge on any atom is -0.393 e. The van der Waals surface area contributed by atoms with Gasteiger partial charge < -0.3 is 11.1 Å². The Morgan fingerprint density at radius 1 is 1.32 bits per heavy atom. The monoisotopic (exact) mass is 276 g/mol. The van der Waals surface area contributed by atoms with Crippen LogP contribution in [0.25, 0.3) is 0 Å². The van der Waals surface area contributed by atoms with Crippen LogP contribution in [0.5, 0.6) is 0 Å². The second-order valence-corrected chi connectivity index (χ2v) is 5.60. The van der Waals surface area contributed by atoms with Crippen LogP contribution in [0.15, 0.2) is 30.3 Å². The molecule has 19 heavy (non-hydrogen) atoms. The first-order valence-corrected chi connectivity index (χ1v) is 7.20. The van der Waals surface area contributed by atoms with E-state index in [1.807, 2.05) is 18.2 Å². The Morgan fingerprint density at radius 3 is 2.74 bits per heavy atom. The molecule has 0 aromatic heterocycles. The van der Waals surface area contributed by atoms with Crippen LogP contribution in [0.4, 0.5) is 0 Å². The first-order chi connectivity index (χ1) is 9.18. The number of thiocarbonyl (C=S) groups is 1. The van der Waals surface area contributed by atoms with Gasteiger partial charge in [0.25, 0.3) is 0 Å². The van der Waals surface area contributed by atoms with E-state index in [9.17, 15) is 4.79 Å². The Bertz CT molecular complexity index is 447. The Balaban J connectivity index is 1.65. The van der Waals surface area contributed by atoms with E-state index in [0.717, 1.165) is 32.2 Å². The highest BCUT2D eigenvalue weighted by Crippen LogP contribution is 2.47. The summed E-state index contributed by atoms with van der Waals surface area (Å²) in [5.41, 5.74) is 6.69. The lowest BCUT2D eigenvalue weighted by Crippen LogP contribution is -2.26. The number of amides is 1. The molecular formula is C15H20N2OS. The molecule has 2 unspecified atom stereocenters. The number of unbranched alkanes of at least 4 members (excludes halogenated alkanes) is 1. The highest BCUT2D eigenvalue weighted by molar-refractivity contribution is 7.80. The van der Waals surface area contributed by atoms with E-state index < -0.39 is 0 Å². The number of carbonyl (C=O) groups is 1. The smallest absolute Gasteiger partial charge is 0.223 e. The zero-order chi connectivity index (χ0) is 13.7. The number of nitrogens with one attached hydrogen (secondary N) is 1. The van der Waals surface area contributed by atoms with Gasteiger partial charge in [-0.1, -0.05) is 42.5 Å². The van der Waals surface area contributed by atoms with Gasteiger partial charge in [-0.3, -0.25) is 4.79 Å². The van der Waals surface area contributed by atoms with Crippen LogP contribution in [0.3, 0.4) is 0 Å². The van der Waals surface area contributed by atoms with E-state index in [-0.39, 0.29) is 11.8 Å². The van der Waals surface area contributed by atoms with Crippen molar-refractivity contribution in [2.24, 2.45) is 11.7 Å². The van der Waals surface area contributed by atoms with Crippen molar-refractivity contribution in [3.05, 3.63) is 35.9 Å². The Kier molecular flexibility index (Phi) is 4.91. The molecule has 2 rings (SSSR count). The highest BCUT2D eigenvalue weighted by Gasteiger charge is 2.43. The first-order valence-electron chi connectivity index (χ1n) is 6.79. The maximum Gasteiger partial charge on any atom is 0.223 e. The lowest BCUT2D eigenvalue weighted by atomic mass is 10.1. The average Bonchev–Trinajstić information content (AvgIpc) is 3.19. The van der Waals surface area contributed by atoms with E-state index in [4.69, 9.17) is 18.0 Å². The topological polar surface area (TPSA) is 55.1 Å². The van der Waals surface area contributed by atoms with Crippen LogP contribution >= 0.6 is 12.2 Å². The van der Waals surface area contributed by atoms with Gasteiger partial charge in [0.2, 0.25) is 5.91 Å². The molecule has 2 atom stereocenters. The van der Waals surface area contributed by atoms with Crippen molar-refractivity contribution >= 4 is 23.1 Å². The fourth-order valence-electron chi connectivity index (χ4n) is 2.32. The molecular weight excluding hydrogens is 256 g/mol. The van der Waals surface area contributed by atoms with E-state index in [1.54, 1.807) is 0 Å². The van der Waals surface area contributed by atoms with Crippen LogP contribution in [0.1, 0.15) is 37.2 Å². The summed E-state index contributed by atoms with van der Waals surface area (Å²) in [4.78, 5) is 12.5. The van der Waals surface area contributed by atoms with E-state index >= 15 is 0 Å². The van der Waals surface area contributed by atoms with Crippen LogP contribution < -0.4 is 11.1 Å². The summed E-state index contributed by atoms with van der Waals surface area (Å²) in [6.07, 6.45) is 3.62. The zero-order valence-corrected chi connectivity index (χ0v) is 11.8. The second kappa shape index (κ2) is 6.66. The Morgan fingerprint density at radius 2 is 2.05 bits per heavy atom. The zero-order valence-electron chi connectivity index (χ0n) is 11.0. The van der Waals surface area contributed by atoms with Gasteiger partial charge in [0.15, 0.2) is 0 Å². The largest absolute Gasteiger partial charge is 0.393 e. The first kappa shape index (κ1) is 14.0. The number of hydrogen-bond donors (Lipinski definition) is 2. The predicted molar refractivity (Wildman–Crippen MR) is 80.9 cm³/mol. The van der Waals surface area contributed by atoms with E-state index in [1.165, 1.54) is 5.56 Å². The van der Waals surface area contributed by atoms with E-state index in [2.05, 4.69) is 17.4 Å². The fraction of sp³-hybridized carbons (Fsp3) is 0.467. The summed E-state index contributed by atoms with van der Waals surface area (Å²) in [6, 6.07) is 10.2. The molecule has 0 spiro atoms. The Hall–Kier alpha value is -1.42. The molecule has 0 bridgehead atoms. The molecule has 3 N–H and O–H groups in total. The molecule has 1 aromatic rings. The summed E-state index contributed by atoms with van der Waals surface area (Å²) in [5.74, 6) is 0.764. The lowest BCUT2D eigenvalue weighted by Gasteiger charge is -2.05. The standard InChI is InChI=1S/C15H20N2OS/c16-14(19)8-4-5-9-17-15(18)13-10-12(13)11-6-2-1-3-7-11/h1-3,6-7,12-13H,4-5,8-10H2,(H2,16,19)(H,17,18). The normalized spacial score (nSPS) is 20.8. The van der Waals surface area contributed by atoms with Crippen molar-refractivity contribution in [2.45, 2.75) is 31.6 Å². The van der Waals surface area contributed by atoms with Gasteiger partial charge >= 0.3 is 0 Å². The van der Waals surface area contributed by atoms with Gasteiger partial charge in [-0.25, -0.2) is 0 Å². The maximum absolute atomic E-state index is 11.9. The number of rotatable bonds is 7. The molecule has 0 heterocycles. The fourth-order valence-corrected chi connectivity index (χ4v) is 2.46. The molecule has 4 heteroatoms. The van der Waals surface area contributed by atoms with Crippen molar-refractivity contribution in [1.29, 1.82) is 0 Å². The Labute approximate surface area is 119 Å². The SMILES string of the molecule is NC(=S)CCCCNC(=O)C1CC1c1ccccc1. The average molecular weight is 276 g/mol. The van der Waals surface area contributed by atoms with Crippen LogP contribution in [0, 0.1) is 5.92 Å². The van der Waals surface area contributed by atoms with Crippen molar-refractivity contribution in [2.75, 3.05) is 6.54 Å². The number of benzene rings is 1. The van der Waals surface area contributed by atoms with Crippen molar-refractivity contribution < 1.29 is 4.79 Å². The third-order valence-corrected chi connectivity index (χ3v) is 3.71. The van der Waals surface area contributed by atoms with Gasteiger partial charge in [0.1, 0.15) is 0 Å². The van der Waals surface area contributed by atoms with Gasteiger partial charge in [0.05, 0.1) is 4.99 Å². The summed E-state index contributed by atoms with van der Waals surface area (Å²) in [5, 5.41) is 3.00. The second-order valence-electron chi connectivity index (χ2n) is 5.07. The van der Waals surface area contributed by atoms with Crippen LogP contribution in [-0.4, -0.2) is 17.4 Å². The molecule has 0 saturated heterocycles. The summed E-state index contributed by atoms with van der Waals surface area (Å²) < 4.78 is 0. The molecule has 1 amide bonds. The molecule has 3 nitrogen and oxygen atoms in total. The van der Waals surface area contributed by atoms with Crippen molar-refractivity contribution in [3.8, 4) is 0 Å². The van der Waals surface area contributed by atoms with E-state index in [0.29, 0.717) is 10.9 Å². The van der Waals surface area contributed by atoms with Gasteiger partial charge in [-0.15, -0.1) is 0 Å². The molecule has 0 radical (unpaired) electrons. The van der Waals surface area contributed by atoms with Gasteiger partial charge in [-0.05, 0) is 37.2 Å². The number of hydrogen-bond acceptors (Lipinski definition) is 2. The maximum atomic E-state index is 11.9. The van der Waals surface area contributed by atoms with Crippen LogP contribution in [-0.2, 0) is 4.79 Å².